The summed E-state index contributed by atoms with van der Waals surface area (Å²) in [5.41, 5.74) is 3.15. The maximum absolute atomic E-state index is 12.4. The monoisotopic (exact) mass is 474 g/mol. The quantitative estimate of drug-likeness (QED) is 0.523. The van der Waals surface area contributed by atoms with E-state index < -0.39 is 0 Å². The number of amides is 1. The molecule has 35 heavy (non-hydrogen) atoms. The number of hydrogen-bond donors (Lipinski definition) is 3. The number of allylic oxidation sites excluding steroid dienone is 1. The first-order chi connectivity index (χ1) is 17.0. The normalized spacial score (nSPS) is 26.1. The number of fused-ring (bicyclic) bond motifs is 1. The Morgan fingerprint density at radius 1 is 1.11 bits per heavy atom. The molecule has 6 rings (SSSR count). The minimum absolute atomic E-state index is 0.0332. The Labute approximate surface area is 205 Å². The molecule has 184 valence electrons. The number of carbonyl (C=O) groups excluding carboxylic acids is 2. The molecule has 1 amide bonds. The van der Waals surface area contributed by atoms with Gasteiger partial charge in [0.05, 0.1) is 12.6 Å². The standard InChI is InChI=1S/C27H34N6O2/c1-16-19(13-26(35)29-16)12-20-15-28-33-25(31-22-9-10-22)14-24(32-27(20)33)30-21-7-5-17(6-8-21)11-23(34)18-3-2-4-18/h12,14-15,17-18,21-22,31H,1-11,13H2,(H,29,35)(H,30,32)/b19-12+. The molecule has 1 aliphatic heterocycles. The van der Waals surface area contributed by atoms with Crippen LogP contribution in [0.4, 0.5) is 11.6 Å². The number of hydrogen-bond acceptors (Lipinski definition) is 6. The van der Waals surface area contributed by atoms with Gasteiger partial charge in [0.2, 0.25) is 5.91 Å². The van der Waals surface area contributed by atoms with Crippen LogP contribution >= 0.6 is 0 Å². The van der Waals surface area contributed by atoms with Crippen molar-refractivity contribution in [3.05, 3.63) is 35.7 Å². The van der Waals surface area contributed by atoms with Crippen molar-refractivity contribution < 1.29 is 9.59 Å². The van der Waals surface area contributed by atoms with Crippen molar-refractivity contribution in [3.8, 4) is 0 Å². The van der Waals surface area contributed by atoms with Gasteiger partial charge in [-0.15, -0.1) is 0 Å². The van der Waals surface area contributed by atoms with Crippen LogP contribution in [0.5, 0.6) is 0 Å². The number of anilines is 2. The van der Waals surface area contributed by atoms with E-state index in [-0.39, 0.29) is 5.91 Å². The van der Waals surface area contributed by atoms with Gasteiger partial charge in [0.25, 0.3) is 0 Å². The van der Waals surface area contributed by atoms with Gasteiger partial charge in [-0.1, -0.05) is 13.0 Å². The van der Waals surface area contributed by atoms with Gasteiger partial charge < -0.3 is 16.0 Å². The number of nitrogens with zero attached hydrogens (tertiary/aromatic N) is 3. The van der Waals surface area contributed by atoms with Crippen LogP contribution in [0.1, 0.15) is 76.2 Å². The third-order valence-electron chi connectivity index (χ3n) is 8.04. The zero-order chi connectivity index (χ0) is 23.9. The summed E-state index contributed by atoms with van der Waals surface area (Å²) in [4.78, 5) is 29.1. The topological polar surface area (TPSA) is 100 Å². The summed E-state index contributed by atoms with van der Waals surface area (Å²) in [5.74, 6) is 3.13. The molecule has 3 N–H and O–H groups in total. The van der Waals surface area contributed by atoms with E-state index in [0.717, 1.165) is 73.4 Å². The maximum atomic E-state index is 12.4. The van der Waals surface area contributed by atoms with E-state index in [1.807, 2.05) is 10.6 Å². The van der Waals surface area contributed by atoms with E-state index in [1.54, 1.807) is 6.20 Å². The molecule has 3 aliphatic carbocycles. The average Bonchev–Trinajstić information content (AvgIpc) is 3.42. The number of carbonyl (C=O) groups is 2. The molecule has 4 fully saturated rings. The third-order valence-corrected chi connectivity index (χ3v) is 8.04. The van der Waals surface area contributed by atoms with E-state index in [4.69, 9.17) is 4.98 Å². The molecular formula is C27H34N6O2. The van der Waals surface area contributed by atoms with Gasteiger partial charge in [0, 0.05) is 41.7 Å². The zero-order valence-corrected chi connectivity index (χ0v) is 20.2. The molecule has 3 saturated carbocycles. The van der Waals surface area contributed by atoms with Gasteiger partial charge in [0.1, 0.15) is 17.4 Å². The fourth-order valence-electron chi connectivity index (χ4n) is 5.49. The molecule has 8 nitrogen and oxygen atoms in total. The fourth-order valence-corrected chi connectivity index (χ4v) is 5.49. The van der Waals surface area contributed by atoms with E-state index in [9.17, 15) is 9.59 Å². The summed E-state index contributed by atoms with van der Waals surface area (Å²) >= 11 is 0. The van der Waals surface area contributed by atoms with Crippen LogP contribution in [0.2, 0.25) is 0 Å². The molecule has 0 unspecified atom stereocenters. The van der Waals surface area contributed by atoms with Gasteiger partial charge >= 0.3 is 0 Å². The molecule has 0 radical (unpaired) electrons. The van der Waals surface area contributed by atoms with Crippen LogP contribution in [0.15, 0.2) is 30.1 Å². The molecule has 0 bridgehead atoms. The van der Waals surface area contributed by atoms with Crippen molar-refractivity contribution in [1.82, 2.24) is 19.9 Å². The summed E-state index contributed by atoms with van der Waals surface area (Å²) in [6, 6.07) is 2.90. The lowest BCUT2D eigenvalue weighted by molar-refractivity contribution is -0.126. The Balaban J connectivity index is 1.18. The summed E-state index contributed by atoms with van der Waals surface area (Å²) in [6.45, 7) is 3.95. The predicted octanol–water partition coefficient (Wildman–Crippen LogP) is 4.45. The van der Waals surface area contributed by atoms with Gasteiger partial charge in [-0.05, 0) is 68.9 Å². The molecular weight excluding hydrogens is 440 g/mol. The van der Waals surface area contributed by atoms with Gasteiger partial charge in [0.15, 0.2) is 5.65 Å². The number of rotatable bonds is 8. The minimum Gasteiger partial charge on any atom is -0.367 e. The first-order valence-corrected chi connectivity index (χ1v) is 13.2. The Morgan fingerprint density at radius 3 is 2.51 bits per heavy atom. The molecule has 8 heteroatoms. The van der Waals surface area contributed by atoms with Crippen LogP contribution in [0.3, 0.4) is 0 Å². The Hall–Kier alpha value is -3.16. The van der Waals surface area contributed by atoms with E-state index in [1.165, 1.54) is 19.3 Å². The summed E-state index contributed by atoms with van der Waals surface area (Å²) in [6.07, 6.45) is 15.0. The highest BCUT2D eigenvalue weighted by atomic mass is 16.2. The lowest BCUT2D eigenvalue weighted by Gasteiger charge is -2.31. The van der Waals surface area contributed by atoms with Crippen molar-refractivity contribution in [3.63, 3.8) is 0 Å². The second-order valence-electron chi connectivity index (χ2n) is 10.8. The largest absolute Gasteiger partial charge is 0.367 e. The molecule has 1 saturated heterocycles. The van der Waals surface area contributed by atoms with E-state index in [0.29, 0.717) is 41.8 Å². The molecule has 0 atom stereocenters. The molecule has 2 aromatic heterocycles. The molecule has 0 spiro atoms. The highest BCUT2D eigenvalue weighted by Crippen LogP contribution is 2.34. The lowest BCUT2D eigenvalue weighted by atomic mass is 9.76. The summed E-state index contributed by atoms with van der Waals surface area (Å²) in [5, 5.41) is 14.6. The maximum Gasteiger partial charge on any atom is 0.228 e. The van der Waals surface area contributed by atoms with Crippen LogP contribution in [0, 0.1) is 11.8 Å². The number of aromatic nitrogens is 3. The Kier molecular flexibility index (Phi) is 5.82. The van der Waals surface area contributed by atoms with Crippen LogP contribution in [0.25, 0.3) is 11.7 Å². The first-order valence-electron chi connectivity index (χ1n) is 13.2. The average molecular weight is 475 g/mol. The van der Waals surface area contributed by atoms with Crippen molar-refractivity contribution in [2.75, 3.05) is 10.6 Å². The van der Waals surface area contributed by atoms with Gasteiger partial charge in [-0.2, -0.15) is 9.61 Å². The number of Topliss-reactive ketones (excluding diaryl/α,β-unsaturated/α-hetero) is 1. The Bertz CT molecular complexity index is 1200. The molecule has 0 aromatic carbocycles. The zero-order valence-electron chi connectivity index (χ0n) is 20.2. The van der Waals surface area contributed by atoms with E-state index >= 15 is 0 Å². The smallest absolute Gasteiger partial charge is 0.228 e. The fraction of sp³-hybridized carbons (Fsp3) is 0.556. The van der Waals surface area contributed by atoms with Crippen LogP contribution in [-0.2, 0) is 9.59 Å². The van der Waals surface area contributed by atoms with Gasteiger partial charge in [-0.25, -0.2) is 4.98 Å². The van der Waals surface area contributed by atoms with Crippen molar-refractivity contribution in [2.45, 2.75) is 82.7 Å². The third kappa shape index (κ3) is 4.83. The summed E-state index contributed by atoms with van der Waals surface area (Å²) < 4.78 is 1.85. The Morgan fingerprint density at radius 2 is 1.86 bits per heavy atom. The lowest BCUT2D eigenvalue weighted by Crippen LogP contribution is -2.30. The van der Waals surface area contributed by atoms with E-state index in [2.05, 4.69) is 33.7 Å². The number of ketones is 1. The number of nitrogens with one attached hydrogen (secondary N) is 3. The van der Waals surface area contributed by atoms with Crippen LogP contribution < -0.4 is 16.0 Å². The first kappa shape index (κ1) is 22.3. The van der Waals surface area contributed by atoms with Crippen molar-refractivity contribution in [2.24, 2.45) is 11.8 Å². The van der Waals surface area contributed by atoms with Crippen LogP contribution in [-0.4, -0.2) is 38.4 Å². The highest BCUT2D eigenvalue weighted by molar-refractivity contribution is 5.89. The molecule has 3 heterocycles. The van der Waals surface area contributed by atoms with Crippen molar-refractivity contribution >= 4 is 35.0 Å². The van der Waals surface area contributed by atoms with Gasteiger partial charge in [-0.3, -0.25) is 9.59 Å². The second-order valence-corrected chi connectivity index (χ2v) is 10.8. The SMILES string of the molecule is C=C1NC(=O)C/C1=C\c1cnn2c(NC3CC3)cc(NC3CCC(CC(=O)C4CCC4)CC3)nc12. The molecule has 2 aromatic rings. The molecule has 4 aliphatic rings. The second kappa shape index (κ2) is 9.13. The summed E-state index contributed by atoms with van der Waals surface area (Å²) in [7, 11) is 0. The minimum atomic E-state index is -0.0332. The van der Waals surface area contributed by atoms with Crippen molar-refractivity contribution in [1.29, 1.82) is 0 Å². The predicted molar refractivity (Wildman–Crippen MR) is 136 cm³/mol. The highest BCUT2D eigenvalue weighted by Gasteiger charge is 2.30.